The summed E-state index contributed by atoms with van der Waals surface area (Å²) in [6.45, 7) is 18.5. The molecule has 0 saturated heterocycles. The summed E-state index contributed by atoms with van der Waals surface area (Å²) in [7, 11) is 0. The molecule has 2 fully saturated rings. The van der Waals surface area contributed by atoms with E-state index >= 15 is 0 Å². The fraction of sp³-hybridized carbons (Fsp3) is 0.750. The molecule has 10 heteroatoms. The topological polar surface area (TPSA) is 124 Å². The van der Waals surface area contributed by atoms with Gasteiger partial charge in [0.05, 0.1) is 37.3 Å². The first kappa shape index (κ1) is 35.5. The van der Waals surface area contributed by atoms with E-state index in [4.69, 9.17) is 28.4 Å². The van der Waals surface area contributed by atoms with Crippen LogP contribution >= 0.6 is 0 Å². The van der Waals surface area contributed by atoms with Crippen LogP contribution in [0.5, 0.6) is 0 Å². The molecule has 0 aromatic rings. The van der Waals surface area contributed by atoms with Gasteiger partial charge in [-0.2, -0.15) is 0 Å². The quantitative estimate of drug-likeness (QED) is 0.0932. The minimum absolute atomic E-state index is 0.143. The maximum atomic E-state index is 12.5. The van der Waals surface area contributed by atoms with Gasteiger partial charge in [0, 0.05) is 26.0 Å². The fourth-order valence-corrected chi connectivity index (χ4v) is 5.94. The lowest BCUT2D eigenvalue weighted by molar-refractivity contribution is -0.263. The van der Waals surface area contributed by atoms with Crippen molar-refractivity contribution in [1.82, 2.24) is 0 Å². The maximum Gasteiger partial charge on any atom is 0.330 e. The van der Waals surface area contributed by atoms with E-state index in [0.29, 0.717) is 13.2 Å². The van der Waals surface area contributed by atoms with Crippen LogP contribution in [0.2, 0.25) is 0 Å². The Balaban J connectivity index is 1.68. The summed E-state index contributed by atoms with van der Waals surface area (Å²) in [6.07, 6.45) is 7.37. The second-order valence-electron chi connectivity index (χ2n) is 12.9. The van der Waals surface area contributed by atoms with Crippen LogP contribution in [0.4, 0.5) is 0 Å². The summed E-state index contributed by atoms with van der Waals surface area (Å²) in [5.74, 6) is -2.23. The largest absolute Gasteiger partial charge is 0.462 e. The van der Waals surface area contributed by atoms with Crippen molar-refractivity contribution in [3.05, 3.63) is 25.3 Å². The molecular formula is C32H50O10. The number of hydrogen-bond donors (Lipinski definition) is 0. The van der Waals surface area contributed by atoms with Crippen molar-refractivity contribution in [2.75, 3.05) is 20.0 Å². The minimum atomic E-state index is -1.20. The van der Waals surface area contributed by atoms with Gasteiger partial charge in [-0.15, -0.1) is 0 Å². The van der Waals surface area contributed by atoms with Gasteiger partial charge in [0.2, 0.25) is 5.79 Å². The Morgan fingerprint density at radius 2 is 1.17 bits per heavy atom. The zero-order chi connectivity index (χ0) is 31.6. The van der Waals surface area contributed by atoms with Gasteiger partial charge in [0.15, 0.2) is 6.79 Å². The van der Waals surface area contributed by atoms with Crippen molar-refractivity contribution >= 4 is 23.9 Å². The van der Waals surface area contributed by atoms with Crippen molar-refractivity contribution in [2.45, 2.75) is 110 Å². The smallest absolute Gasteiger partial charge is 0.330 e. The molecule has 10 nitrogen and oxygen atoms in total. The van der Waals surface area contributed by atoms with Crippen molar-refractivity contribution in [3.8, 4) is 0 Å². The SMILES string of the molecule is C=CC(=O)OCC1CCC(C(C)(C)OCOC(=O)CCC(=O)OC(C)(C)OC(C)(C)C2CCC(COC(=O)C=C)C2)C1. The van der Waals surface area contributed by atoms with Gasteiger partial charge in [-0.05, 0) is 89.9 Å². The van der Waals surface area contributed by atoms with E-state index in [1.54, 1.807) is 13.8 Å². The summed E-state index contributed by atoms with van der Waals surface area (Å²) < 4.78 is 33.3. The van der Waals surface area contributed by atoms with Crippen LogP contribution in [-0.2, 0) is 47.6 Å². The normalized spacial score (nSPS) is 22.7. The van der Waals surface area contributed by atoms with Gasteiger partial charge < -0.3 is 28.4 Å². The number of rotatable bonds is 17. The van der Waals surface area contributed by atoms with Gasteiger partial charge in [-0.25, -0.2) is 9.59 Å². The summed E-state index contributed by atoms with van der Waals surface area (Å²) in [5, 5.41) is 0. The van der Waals surface area contributed by atoms with E-state index < -0.39 is 40.9 Å². The Morgan fingerprint density at radius 1 is 0.690 bits per heavy atom. The van der Waals surface area contributed by atoms with Crippen LogP contribution in [0.3, 0.4) is 0 Å². The highest BCUT2D eigenvalue weighted by Gasteiger charge is 2.42. The first-order valence-corrected chi connectivity index (χ1v) is 14.9. The lowest BCUT2D eigenvalue weighted by Crippen LogP contribution is -2.44. The average Bonchev–Trinajstić information content (AvgIpc) is 3.59. The monoisotopic (exact) mass is 594 g/mol. The van der Waals surface area contributed by atoms with Gasteiger partial charge in [-0.1, -0.05) is 13.2 Å². The standard InChI is InChI=1S/C32H50O10/c1-9-26(33)37-19-22-11-13-24(17-22)30(3,4)40-21-39-28(35)15-16-29(36)41-32(7,8)42-31(5,6)25-14-12-23(18-25)20-38-27(34)10-2/h9-10,22-25H,1-2,11-21H2,3-8H3. The van der Waals surface area contributed by atoms with Crippen LogP contribution in [0.25, 0.3) is 0 Å². The van der Waals surface area contributed by atoms with Gasteiger partial charge in [-0.3, -0.25) is 9.59 Å². The second-order valence-corrected chi connectivity index (χ2v) is 12.9. The molecule has 238 valence electrons. The molecule has 2 aliphatic carbocycles. The van der Waals surface area contributed by atoms with Crippen molar-refractivity contribution in [2.24, 2.45) is 23.7 Å². The number of carbonyl (C=O) groups is 4. The zero-order valence-electron chi connectivity index (χ0n) is 26.2. The molecule has 2 rings (SSSR count). The third-order valence-electron chi connectivity index (χ3n) is 8.36. The Kier molecular flexibility index (Phi) is 13.2. The van der Waals surface area contributed by atoms with Crippen LogP contribution in [0, 0.1) is 23.7 Å². The molecule has 0 N–H and O–H groups in total. The predicted molar refractivity (Wildman–Crippen MR) is 155 cm³/mol. The molecule has 0 spiro atoms. The highest BCUT2D eigenvalue weighted by atomic mass is 16.7. The molecule has 0 aliphatic heterocycles. The van der Waals surface area contributed by atoms with Gasteiger partial charge in [0.25, 0.3) is 0 Å². The highest BCUT2D eigenvalue weighted by molar-refractivity contribution is 5.81. The molecule has 0 heterocycles. The molecule has 0 bridgehead atoms. The van der Waals surface area contributed by atoms with Crippen LogP contribution in [0.15, 0.2) is 25.3 Å². The summed E-state index contributed by atoms with van der Waals surface area (Å²) in [5.41, 5.74) is -1.11. The Morgan fingerprint density at radius 3 is 1.67 bits per heavy atom. The number of carbonyl (C=O) groups excluding carboxylic acids is 4. The molecule has 4 atom stereocenters. The van der Waals surface area contributed by atoms with E-state index in [1.807, 2.05) is 27.7 Å². The van der Waals surface area contributed by atoms with Gasteiger partial charge in [0.1, 0.15) is 0 Å². The fourth-order valence-electron chi connectivity index (χ4n) is 5.94. The van der Waals surface area contributed by atoms with Crippen molar-refractivity contribution in [3.63, 3.8) is 0 Å². The third kappa shape index (κ3) is 11.9. The number of esters is 4. The van der Waals surface area contributed by atoms with Crippen molar-refractivity contribution in [1.29, 1.82) is 0 Å². The van der Waals surface area contributed by atoms with E-state index in [-0.39, 0.29) is 43.3 Å². The van der Waals surface area contributed by atoms with Crippen molar-refractivity contribution < 1.29 is 47.6 Å². The van der Waals surface area contributed by atoms with E-state index in [1.165, 1.54) is 0 Å². The first-order chi connectivity index (χ1) is 19.6. The Hall–Kier alpha value is -2.72. The Labute approximate surface area is 250 Å². The lowest BCUT2D eigenvalue weighted by Gasteiger charge is -2.39. The van der Waals surface area contributed by atoms with Crippen LogP contribution < -0.4 is 0 Å². The van der Waals surface area contributed by atoms with Gasteiger partial charge >= 0.3 is 23.9 Å². The van der Waals surface area contributed by atoms with E-state index in [2.05, 4.69) is 13.2 Å². The molecule has 0 aromatic carbocycles. The van der Waals surface area contributed by atoms with E-state index in [0.717, 1.165) is 50.7 Å². The molecule has 0 amide bonds. The van der Waals surface area contributed by atoms with E-state index in [9.17, 15) is 19.2 Å². The molecule has 0 radical (unpaired) electrons. The highest BCUT2D eigenvalue weighted by Crippen LogP contribution is 2.42. The Bertz CT molecular complexity index is 966. The summed E-state index contributed by atoms with van der Waals surface area (Å²) >= 11 is 0. The number of hydrogen-bond acceptors (Lipinski definition) is 10. The predicted octanol–water partition coefficient (Wildman–Crippen LogP) is 5.43. The molecule has 2 aliphatic rings. The first-order valence-electron chi connectivity index (χ1n) is 14.9. The lowest BCUT2D eigenvalue weighted by atomic mass is 9.88. The van der Waals surface area contributed by atoms with Crippen LogP contribution in [0.1, 0.15) is 92.9 Å². The minimum Gasteiger partial charge on any atom is -0.462 e. The molecule has 2 saturated carbocycles. The average molecular weight is 595 g/mol. The molecule has 0 aromatic heterocycles. The number of ether oxygens (including phenoxy) is 6. The van der Waals surface area contributed by atoms with Crippen LogP contribution in [-0.4, -0.2) is 60.9 Å². The summed E-state index contributed by atoms with van der Waals surface area (Å²) in [6, 6.07) is 0. The molecule has 4 unspecified atom stereocenters. The summed E-state index contributed by atoms with van der Waals surface area (Å²) in [4.78, 5) is 47.5. The zero-order valence-corrected chi connectivity index (χ0v) is 26.2. The molecular weight excluding hydrogens is 544 g/mol. The second kappa shape index (κ2) is 15.7. The maximum absolute atomic E-state index is 12.5. The molecule has 42 heavy (non-hydrogen) atoms. The third-order valence-corrected chi connectivity index (χ3v) is 8.36.